The Morgan fingerprint density at radius 2 is 2.20 bits per heavy atom. The second kappa shape index (κ2) is 6.43. The van der Waals surface area contributed by atoms with Crippen molar-refractivity contribution in [2.24, 2.45) is 0 Å². The van der Waals surface area contributed by atoms with Gasteiger partial charge in [0.05, 0.1) is 18.2 Å². The molecule has 1 aromatic heterocycles. The number of aliphatic hydroxyl groups excluding tert-OH is 1. The van der Waals surface area contributed by atoms with Crippen LogP contribution < -0.4 is 10.6 Å². The topological polar surface area (TPSA) is 66.3 Å². The number of benzene rings is 1. The summed E-state index contributed by atoms with van der Waals surface area (Å²) < 4.78 is 2.18. The Morgan fingerprint density at radius 3 is 2.90 bits per heavy atom. The summed E-state index contributed by atoms with van der Waals surface area (Å²) in [5.41, 5.74) is 1.86. The summed E-state index contributed by atoms with van der Waals surface area (Å²) in [5, 5.41) is 15.5. The minimum atomic E-state index is -0.306. The second-order valence-corrected chi connectivity index (χ2v) is 4.96. The van der Waals surface area contributed by atoms with Gasteiger partial charge in [-0.1, -0.05) is 13.0 Å². The lowest BCUT2D eigenvalue weighted by atomic mass is 10.2. The Kier molecular flexibility index (Phi) is 4.63. The number of carbonyl (C=O) groups is 1. The van der Waals surface area contributed by atoms with Gasteiger partial charge in [0.2, 0.25) is 0 Å². The molecule has 0 aliphatic heterocycles. The molecule has 5 nitrogen and oxygen atoms in total. The van der Waals surface area contributed by atoms with Crippen LogP contribution >= 0.6 is 0 Å². The Balaban J connectivity index is 2.14. The number of amides is 2. The first-order chi connectivity index (χ1) is 9.63. The van der Waals surface area contributed by atoms with E-state index in [1.54, 1.807) is 6.92 Å². The third-order valence-electron chi connectivity index (χ3n) is 3.15. The molecular formula is C15H21N3O2. The van der Waals surface area contributed by atoms with Crippen molar-refractivity contribution in [1.82, 2.24) is 9.88 Å². The Morgan fingerprint density at radius 1 is 1.40 bits per heavy atom. The fraction of sp³-hybridized carbons (Fsp3) is 0.400. The van der Waals surface area contributed by atoms with Crippen LogP contribution in [-0.4, -0.2) is 28.4 Å². The van der Waals surface area contributed by atoms with Crippen molar-refractivity contribution in [3.05, 3.63) is 30.5 Å². The van der Waals surface area contributed by atoms with Crippen molar-refractivity contribution in [3.8, 4) is 0 Å². The average molecular weight is 275 g/mol. The van der Waals surface area contributed by atoms with Gasteiger partial charge in [-0.2, -0.15) is 0 Å². The Bertz CT molecular complexity index is 592. The van der Waals surface area contributed by atoms with Gasteiger partial charge in [-0.25, -0.2) is 4.79 Å². The smallest absolute Gasteiger partial charge is 0.319 e. The molecule has 0 fully saturated rings. The summed E-state index contributed by atoms with van der Waals surface area (Å²) in [5.74, 6) is 0. The molecule has 20 heavy (non-hydrogen) atoms. The maximum Gasteiger partial charge on any atom is 0.319 e. The van der Waals surface area contributed by atoms with Crippen molar-refractivity contribution in [2.45, 2.75) is 32.9 Å². The molecule has 2 rings (SSSR count). The summed E-state index contributed by atoms with van der Waals surface area (Å²) in [7, 11) is 0. The van der Waals surface area contributed by atoms with Gasteiger partial charge in [0.15, 0.2) is 0 Å². The highest BCUT2D eigenvalue weighted by atomic mass is 16.3. The number of aryl methyl sites for hydroxylation is 1. The summed E-state index contributed by atoms with van der Waals surface area (Å²) in [6, 6.07) is 7.34. The van der Waals surface area contributed by atoms with Crippen LogP contribution in [0, 0.1) is 0 Å². The summed E-state index contributed by atoms with van der Waals surface area (Å²) >= 11 is 0. The number of anilines is 1. The molecule has 0 aliphatic carbocycles. The van der Waals surface area contributed by atoms with E-state index in [4.69, 9.17) is 5.11 Å². The van der Waals surface area contributed by atoms with Crippen LogP contribution in [0.5, 0.6) is 0 Å². The van der Waals surface area contributed by atoms with Gasteiger partial charge in [-0.3, -0.25) is 0 Å². The zero-order valence-electron chi connectivity index (χ0n) is 11.9. The van der Waals surface area contributed by atoms with Crippen molar-refractivity contribution >= 4 is 22.6 Å². The van der Waals surface area contributed by atoms with Crippen LogP contribution in [0.2, 0.25) is 0 Å². The number of nitrogens with one attached hydrogen (secondary N) is 2. The van der Waals surface area contributed by atoms with Crippen LogP contribution in [0.15, 0.2) is 30.5 Å². The Hall–Kier alpha value is -2.01. The lowest BCUT2D eigenvalue weighted by Gasteiger charge is -2.12. The first-order valence-electron chi connectivity index (χ1n) is 6.91. The lowest BCUT2D eigenvalue weighted by molar-refractivity contribution is 0.229. The van der Waals surface area contributed by atoms with E-state index in [0.29, 0.717) is 0 Å². The highest BCUT2D eigenvalue weighted by molar-refractivity contribution is 5.92. The van der Waals surface area contributed by atoms with Crippen molar-refractivity contribution < 1.29 is 9.90 Å². The number of hydrogen-bond donors (Lipinski definition) is 3. The van der Waals surface area contributed by atoms with Crippen LogP contribution in [0.25, 0.3) is 10.9 Å². The molecule has 0 radical (unpaired) electrons. The monoisotopic (exact) mass is 275 g/mol. The number of fused-ring (bicyclic) bond motifs is 1. The molecule has 0 bridgehead atoms. The molecule has 1 atom stereocenters. The molecule has 0 aliphatic rings. The standard InChI is InChI=1S/C15H21N3O2/c1-3-7-18-8-6-12-4-5-13(9-14(12)18)17-15(20)16-11(2)10-19/h4-6,8-9,11,19H,3,7,10H2,1-2H3,(H2,16,17,20). The third-order valence-corrected chi connectivity index (χ3v) is 3.15. The van der Waals surface area contributed by atoms with Gasteiger partial charge in [0, 0.05) is 18.4 Å². The van der Waals surface area contributed by atoms with Crippen LogP contribution in [0.4, 0.5) is 10.5 Å². The number of hydrogen-bond acceptors (Lipinski definition) is 2. The minimum absolute atomic E-state index is 0.0776. The average Bonchev–Trinajstić information content (AvgIpc) is 2.82. The quantitative estimate of drug-likeness (QED) is 0.785. The Labute approximate surface area is 118 Å². The number of aliphatic hydroxyl groups is 1. The number of urea groups is 1. The highest BCUT2D eigenvalue weighted by Crippen LogP contribution is 2.20. The number of aromatic nitrogens is 1. The SMILES string of the molecule is CCCn1ccc2ccc(NC(=O)NC(C)CO)cc21. The predicted molar refractivity (Wildman–Crippen MR) is 80.9 cm³/mol. The highest BCUT2D eigenvalue weighted by Gasteiger charge is 2.07. The molecule has 1 unspecified atom stereocenters. The molecule has 5 heteroatoms. The van der Waals surface area contributed by atoms with E-state index in [2.05, 4.69) is 34.4 Å². The van der Waals surface area contributed by atoms with Crippen LogP contribution in [0.1, 0.15) is 20.3 Å². The minimum Gasteiger partial charge on any atom is -0.394 e. The molecular weight excluding hydrogens is 254 g/mol. The summed E-state index contributed by atoms with van der Waals surface area (Å²) in [4.78, 5) is 11.7. The van der Waals surface area contributed by atoms with Gasteiger partial charge in [-0.05, 0) is 36.9 Å². The normalized spacial score (nSPS) is 12.3. The summed E-state index contributed by atoms with van der Waals surface area (Å²) in [6.45, 7) is 4.76. The third kappa shape index (κ3) is 3.30. The van der Waals surface area contributed by atoms with Gasteiger partial charge < -0.3 is 20.3 Å². The molecule has 2 amide bonds. The zero-order chi connectivity index (χ0) is 14.5. The molecule has 0 saturated carbocycles. The maximum absolute atomic E-state index is 11.7. The van der Waals surface area contributed by atoms with Crippen molar-refractivity contribution in [2.75, 3.05) is 11.9 Å². The van der Waals surface area contributed by atoms with Gasteiger partial charge >= 0.3 is 6.03 Å². The molecule has 2 aromatic rings. The molecule has 1 heterocycles. The number of rotatable bonds is 5. The van der Waals surface area contributed by atoms with Crippen LogP contribution in [-0.2, 0) is 6.54 Å². The van der Waals surface area contributed by atoms with E-state index in [1.165, 1.54) is 0 Å². The van der Waals surface area contributed by atoms with E-state index >= 15 is 0 Å². The van der Waals surface area contributed by atoms with E-state index in [1.807, 2.05) is 18.2 Å². The maximum atomic E-state index is 11.7. The van der Waals surface area contributed by atoms with Gasteiger partial charge in [0.1, 0.15) is 0 Å². The first kappa shape index (κ1) is 14.4. The molecule has 108 valence electrons. The zero-order valence-corrected chi connectivity index (χ0v) is 11.9. The fourth-order valence-corrected chi connectivity index (χ4v) is 2.13. The predicted octanol–water partition coefficient (Wildman–Crippen LogP) is 2.55. The van der Waals surface area contributed by atoms with Crippen molar-refractivity contribution in [3.63, 3.8) is 0 Å². The molecule has 3 N–H and O–H groups in total. The fourth-order valence-electron chi connectivity index (χ4n) is 2.13. The van der Waals surface area contributed by atoms with E-state index in [9.17, 15) is 4.79 Å². The van der Waals surface area contributed by atoms with Crippen LogP contribution in [0.3, 0.4) is 0 Å². The van der Waals surface area contributed by atoms with Gasteiger partial charge in [0.25, 0.3) is 0 Å². The molecule has 1 aromatic carbocycles. The van der Waals surface area contributed by atoms with Gasteiger partial charge in [-0.15, -0.1) is 0 Å². The second-order valence-electron chi connectivity index (χ2n) is 4.96. The van der Waals surface area contributed by atoms with Crippen molar-refractivity contribution in [1.29, 1.82) is 0 Å². The van der Waals surface area contributed by atoms with E-state index in [-0.39, 0.29) is 18.7 Å². The lowest BCUT2D eigenvalue weighted by Crippen LogP contribution is -2.38. The number of carbonyl (C=O) groups excluding carboxylic acids is 1. The van der Waals surface area contributed by atoms with E-state index in [0.717, 1.165) is 29.6 Å². The number of nitrogens with zero attached hydrogens (tertiary/aromatic N) is 1. The summed E-state index contributed by atoms with van der Waals surface area (Å²) in [6.07, 6.45) is 3.13. The largest absolute Gasteiger partial charge is 0.394 e. The van der Waals surface area contributed by atoms with E-state index < -0.39 is 0 Å². The first-order valence-corrected chi connectivity index (χ1v) is 6.91. The molecule has 0 spiro atoms. The molecule has 0 saturated heterocycles.